The third-order valence-corrected chi connectivity index (χ3v) is 7.89. The molecule has 0 unspecified atom stereocenters. The van der Waals surface area contributed by atoms with Crippen LogP contribution in [0.3, 0.4) is 0 Å². The summed E-state index contributed by atoms with van der Waals surface area (Å²) in [5.41, 5.74) is 1.80. The molecule has 0 spiro atoms. The molecule has 4 rings (SSSR count). The van der Waals surface area contributed by atoms with Crippen LogP contribution in [0.1, 0.15) is 17.8 Å². The molecule has 0 bridgehead atoms. The molecule has 0 saturated carbocycles. The van der Waals surface area contributed by atoms with Gasteiger partial charge in [0, 0.05) is 23.5 Å². The molecule has 1 aliphatic heterocycles. The molecule has 0 radical (unpaired) electrons. The molecule has 130 valence electrons. The minimum Gasteiger partial charge on any atom is -0.246 e. The van der Waals surface area contributed by atoms with Crippen molar-refractivity contribution in [2.45, 2.75) is 23.6 Å². The molecule has 25 heavy (non-hydrogen) atoms. The molecular formula is C17H18N4O2S2. The van der Waals surface area contributed by atoms with E-state index in [1.807, 2.05) is 49.5 Å². The molecule has 0 atom stereocenters. The zero-order valence-corrected chi connectivity index (χ0v) is 15.4. The Bertz CT molecular complexity index is 973. The maximum Gasteiger partial charge on any atom is 0.252 e. The van der Waals surface area contributed by atoms with E-state index in [0.29, 0.717) is 17.3 Å². The van der Waals surface area contributed by atoms with Gasteiger partial charge in [-0.3, -0.25) is 0 Å². The first-order valence-electron chi connectivity index (χ1n) is 8.14. The normalized spacial score (nSPS) is 16.0. The first-order valence-corrected chi connectivity index (χ1v) is 10.4. The van der Waals surface area contributed by atoms with E-state index in [0.717, 1.165) is 22.6 Å². The van der Waals surface area contributed by atoms with Gasteiger partial charge < -0.3 is 0 Å². The molecule has 1 aliphatic rings. The lowest BCUT2D eigenvalue weighted by Gasteiger charge is -2.37. The molecule has 3 heterocycles. The Morgan fingerprint density at radius 1 is 1.16 bits per heavy atom. The van der Waals surface area contributed by atoms with Crippen LogP contribution >= 0.6 is 11.3 Å². The van der Waals surface area contributed by atoms with E-state index in [4.69, 9.17) is 0 Å². The second-order valence-electron chi connectivity index (χ2n) is 6.00. The maximum absolute atomic E-state index is 12.6. The van der Waals surface area contributed by atoms with Crippen LogP contribution in [-0.4, -0.2) is 40.8 Å². The second-order valence-corrected chi connectivity index (χ2v) is 9.33. The Morgan fingerprint density at radius 2 is 1.92 bits per heavy atom. The van der Waals surface area contributed by atoms with E-state index in [2.05, 4.69) is 10.3 Å². The predicted molar refractivity (Wildman–Crippen MR) is 97.0 cm³/mol. The van der Waals surface area contributed by atoms with Crippen LogP contribution in [0.25, 0.3) is 11.3 Å². The highest BCUT2D eigenvalue weighted by molar-refractivity contribution is 7.91. The second kappa shape index (κ2) is 6.36. The van der Waals surface area contributed by atoms with Crippen molar-refractivity contribution in [3.63, 3.8) is 0 Å². The molecule has 0 N–H and O–H groups in total. The SMILES string of the molecule is CCc1ccc(S(=O)(=O)N2CC(n3cc(-c4ccccc4)nn3)C2)s1. The molecule has 0 aliphatic carbocycles. The van der Waals surface area contributed by atoms with Crippen LogP contribution in [0.2, 0.25) is 0 Å². The lowest BCUT2D eigenvalue weighted by Crippen LogP contribution is -2.50. The van der Waals surface area contributed by atoms with Crippen molar-refractivity contribution < 1.29 is 8.42 Å². The van der Waals surface area contributed by atoms with Gasteiger partial charge in [-0.15, -0.1) is 16.4 Å². The summed E-state index contributed by atoms with van der Waals surface area (Å²) in [6.07, 6.45) is 2.73. The first kappa shape index (κ1) is 16.4. The fourth-order valence-corrected chi connectivity index (χ4v) is 5.76. The van der Waals surface area contributed by atoms with Crippen LogP contribution in [0.4, 0.5) is 0 Å². The quantitative estimate of drug-likeness (QED) is 0.689. The lowest BCUT2D eigenvalue weighted by molar-refractivity contribution is 0.189. The largest absolute Gasteiger partial charge is 0.252 e. The number of benzene rings is 1. The van der Waals surface area contributed by atoms with Gasteiger partial charge in [-0.05, 0) is 18.6 Å². The number of aryl methyl sites for hydroxylation is 1. The van der Waals surface area contributed by atoms with Crippen LogP contribution in [-0.2, 0) is 16.4 Å². The maximum atomic E-state index is 12.6. The van der Waals surface area contributed by atoms with Crippen molar-refractivity contribution in [3.8, 4) is 11.3 Å². The Morgan fingerprint density at radius 3 is 2.60 bits per heavy atom. The van der Waals surface area contributed by atoms with Gasteiger partial charge in [0.15, 0.2) is 0 Å². The fraction of sp³-hybridized carbons (Fsp3) is 0.294. The van der Waals surface area contributed by atoms with Gasteiger partial charge in [-0.2, -0.15) is 4.31 Å². The lowest BCUT2D eigenvalue weighted by atomic mass is 10.1. The average Bonchev–Trinajstić information content (AvgIpc) is 3.24. The fourth-order valence-electron chi connectivity index (χ4n) is 2.79. The van der Waals surface area contributed by atoms with Crippen molar-refractivity contribution in [2.75, 3.05) is 13.1 Å². The zero-order valence-electron chi connectivity index (χ0n) is 13.7. The minimum atomic E-state index is -3.39. The van der Waals surface area contributed by atoms with Crippen LogP contribution in [0, 0.1) is 0 Å². The molecule has 0 amide bonds. The van der Waals surface area contributed by atoms with Crippen LogP contribution in [0.15, 0.2) is 52.9 Å². The van der Waals surface area contributed by atoms with Gasteiger partial charge in [0.05, 0.1) is 12.2 Å². The number of aromatic nitrogens is 3. The standard InChI is InChI=1S/C17H18N4O2S2/c1-2-15-8-9-17(24-15)25(22,23)20-10-14(11-20)21-12-16(18-19-21)13-6-4-3-5-7-13/h3-9,12,14H,2,10-11H2,1H3. The number of nitrogens with zero attached hydrogens (tertiary/aromatic N) is 4. The van der Waals surface area contributed by atoms with Gasteiger partial charge in [-0.1, -0.05) is 42.5 Å². The number of hydrogen-bond donors (Lipinski definition) is 0. The van der Waals surface area contributed by atoms with Gasteiger partial charge >= 0.3 is 0 Å². The minimum absolute atomic E-state index is 0.0327. The molecule has 1 saturated heterocycles. The van der Waals surface area contributed by atoms with Crippen molar-refractivity contribution in [1.29, 1.82) is 0 Å². The molecule has 3 aromatic rings. The summed E-state index contributed by atoms with van der Waals surface area (Å²) in [5.74, 6) is 0. The van der Waals surface area contributed by atoms with E-state index >= 15 is 0 Å². The monoisotopic (exact) mass is 374 g/mol. The summed E-state index contributed by atoms with van der Waals surface area (Å²) in [6, 6.07) is 13.5. The summed E-state index contributed by atoms with van der Waals surface area (Å²) in [5, 5.41) is 8.37. The molecule has 8 heteroatoms. The van der Waals surface area contributed by atoms with Crippen LogP contribution < -0.4 is 0 Å². The van der Waals surface area contributed by atoms with E-state index in [-0.39, 0.29) is 6.04 Å². The smallest absolute Gasteiger partial charge is 0.246 e. The molecule has 1 fully saturated rings. The summed E-state index contributed by atoms with van der Waals surface area (Å²) in [7, 11) is -3.39. The molecule has 1 aromatic carbocycles. The third kappa shape index (κ3) is 3.01. The van der Waals surface area contributed by atoms with Gasteiger partial charge in [0.25, 0.3) is 10.0 Å². The highest BCUT2D eigenvalue weighted by Gasteiger charge is 2.39. The van der Waals surface area contributed by atoms with Crippen molar-refractivity contribution in [1.82, 2.24) is 19.3 Å². The third-order valence-electron chi connectivity index (χ3n) is 4.36. The summed E-state index contributed by atoms with van der Waals surface area (Å²) >= 11 is 1.35. The van der Waals surface area contributed by atoms with Crippen LogP contribution in [0.5, 0.6) is 0 Å². The molecule has 6 nitrogen and oxygen atoms in total. The average molecular weight is 374 g/mol. The summed E-state index contributed by atoms with van der Waals surface area (Å²) < 4.78 is 29.0. The van der Waals surface area contributed by atoms with Crippen molar-refractivity contribution >= 4 is 21.4 Å². The number of sulfonamides is 1. The van der Waals surface area contributed by atoms with E-state index in [1.165, 1.54) is 15.6 Å². The Balaban J connectivity index is 1.46. The van der Waals surface area contributed by atoms with Gasteiger partial charge in [-0.25, -0.2) is 13.1 Å². The Labute approximate surface area is 150 Å². The zero-order chi connectivity index (χ0) is 17.4. The van der Waals surface area contributed by atoms with E-state index < -0.39 is 10.0 Å². The first-order chi connectivity index (χ1) is 12.1. The van der Waals surface area contributed by atoms with Gasteiger partial charge in [0.2, 0.25) is 0 Å². The van der Waals surface area contributed by atoms with E-state index in [1.54, 1.807) is 10.7 Å². The predicted octanol–water partition coefficient (Wildman–Crippen LogP) is 2.81. The van der Waals surface area contributed by atoms with Gasteiger partial charge in [0.1, 0.15) is 9.90 Å². The topological polar surface area (TPSA) is 68.1 Å². The van der Waals surface area contributed by atoms with E-state index in [9.17, 15) is 8.42 Å². The van der Waals surface area contributed by atoms with Crippen molar-refractivity contribution in [2.24, 2.45) is 0 Å². The Kier molecular flexibility index (Phi) is 4.18. The number of hydrogen-bond acceptors (Lipinski definition) is 5. The number of thiophene rings is 1. The highest BCUT2D eigenvalue weighted by atomic mass is 32.2. The molecule has 2 aromatic heterocycles. The summed E-state index contributed by atoms with van der Waals surface area (Å²) in [6.45, 7) is 2.88. The van der Waals surface area contributed by atoms with Crippen molar-refractivity contribution in [3.05, 3.63) is 53.5 Å². The Hall–Kier alpha value is -2.03. The summed E-state index contributed by atoms with van der Waals surface area (Å²) in [4.78, 5) is 1.08. The number of rotatable bonds is 5. The highest BCUT2D eigenvalue weighted by Crippen LogP contribution is 2.32. The molecular weight excluding hydrogens is 356 g/mol.